The molecule has 4 nitrogen and oxygen atoms in total. The van der Waals surface area contributed by atoms with Gasteiger partial charge in [0.25, 0.3) is 0 Å². The third-order valence-electron chi connectivity index (χ3n) is 3.81. The summed E-state index contributed by atoms with van der Waals surface area (Å²) in [6, 6.07) is 8.31. The topological polar surface area (TPSA) is 34.3 Å². The van der Waals surface area contributed by atoms with Gasteiger partial charge in [0.1, 0.15) is 0 Å². The molecule has 1 aromatic carbocycles. The Balaban J connectivity index is 1.70. The second-order valence-corrected chi connectivity index (χ2v) is 7.26. The second kappa shape index (κ2) is 6.68. The van der Waals surface area contributed by atoms with Crippen LogP contribution in [0.1, 0.15) is 24.8 Å². The van der Waals surface area contributed by atoms with Gasteiger partial charge < -0.3 is 10.2 Å². The maximum absolute atomic E-state index is 5.45. The Labute approximate surface area is 134 Å². The average Bonchev–Trinajstić information content (AvgIpc) is 2.80. The molecule has 2 N–H and O–H groups in total. The molecule has 0 unspecified atom stereocenters. The van der Waals surface area contributed by atoms with Crippen LogP contribution in [0.3, 0.4) is 0 Å². The fraction of sp³-hybridized carbons (Fsp3) is 0.467. The minimum absolute atomic E-state index is 0.850. The van der Waals surface area contributed by atoms with Gasteiger partial charge in [0.05, 0.1) is 13.1 Å². The fourth-order valence-electron chi connectivity index (χ4n) is 2.72. The summed E-state index contributed by atoms with van der Waals surface area (Å²) in [7, 11) is 0. The first-order valence-corrected chi connectivity index (χ1v) is 8.68. The number of hydrogen-bond acceptors (Lipinski definition) is 4. The van der Waals surface area contributed by atoms with Crippen molar-refractivity contribution in [1.82, 2.24) is 9.78 Å². The maximum Gasteiger partial charge on any atom is 0.209 e. The van der Waals surface area contributed by atoms with Crippen LogP contribution >= 0.6 is 23.6 Å². The molecule has 6 heteroatoms. The van der Waals surface area contributed by atoms with E-state index in [0.717, 1.165) is 21.4 Å². The van der Waals surface area contributed by atoms with Gasteiger partial charge in [-0.3, -0.25) is 0 Å². The van der Waals surface area contributed by atoms with E-state index in [-0.39, 0.29) is 0 Å². The lowest BCUT2D eigenvalue weighted by Crippen LogP contribution is -3.12. The van der Waals surface area contributed by atoms with Gasteiger partial charge >= 0.3 is 0 Å². The Morgan fingerprint density at radius 2 is 2.14 bits per heavy atom. The molecule has 0 bridgehead atoms. The quantitative estimate of drug-likeness (QED) is 0.850. The van der Waals surface area contributed by atoms with E-state index in [2.05, 4.69) is 35.5 Å². The number of nitrogens with one attached hydrogen (secondary N) is 2. The summed E-state index contributed by atoms with van der Waals surface area (Å²) >= 11 is 6.99. The molecule has 0 amide bonds. The summed E-state index contributed by atoms with van der Waals surface area (Å²) in [4.78, 5) is 1.59. The van der Waals surface area contributed by atoms with Crippen LogP contribution in [0.15, 0.2) is 24.3 Å². The largest absolute Gasteiger partial charge is 0.330 e. The smallest absolute Gasteiger partial charge is 0.209 e. The third-order valence-corrected chi connectivity index (χ3v) is 5.03. The molecule has 3 rings (SSSR count). The highest BCUT2D eigenvalue weighted by atomic mass is 32.1. The highest BCUT2D eigenvalue weighted by molar-refractivity contribution is 7.73. The van der Waals surface area contributed by atoms with E-state index >= 15 is 0 Å². The van der Waals surface area contributed by atoms with Crippen LogP contribution in [0.25, 0.3) is 0 Å². The lowest BCUT2D eigenvalue weighted by atomic mass is 10.1. The molecule has 2 aromatic rings. The van der Waals surface area contributed by atoms with Gasteiger partial charge in [-0.2, -0.15) is 4.68 Å². The zero-order valence-corrected chi connectivity index (χ0v) is 13.9. The van der Waals surface area contributed by atoms with Gasteiger partial charge in [0, 0.05) is 5.69 Å². The summed E-state index contributed by atoms with van der Waals surface area (Å²) < 4.78 is 2.82. The standard InChI is InChI=1S/C15H20N4S2/c1-12-6-5-7-13(10-12)16-14-17-19(15(20)21-14)11-18-8-3-2-4-9-18/h5-7,10H,2-4,8-9,11H2,1H3,(H,16,17)/p+1. The molecule has 1 aliphatic heterocycles. The molecule has 1 saturated heterocycles. The molecular formula is C15H21N4S2+. The van der Waals surface area contributed by atoms with Crippen LogP contribution in [0.5, 0.6) is 0 Å². The van der Waals surface area contributed by atoms with Crippen molar-refractivity contribution < 1.29 is 4.90 Å². The Morgan fingerprint density at radius 3 is 2.90 bits per heavy atom. The van der Waals surface area contributed by atoms with Gasteiger partial charge in [-0.15, -0.1) is 5.10 Å². The molecule has 1 fully saturated rings. The van der Waals surface area contributed by atoms with Crippen LogP contribution in [-0.2, 0) is 6.67 Å². The van der Waals surface area contributed by atoms with Gasteiger partial charge in [0.2, 0.25) is 5.13 Å². The number of hydrogen-bond donors (Lipinski definition) is 2. The van der Waals surface area contributed by atoms with Crippen LogP contribution in [-0.4, -0.2) is 22.9 Å². The van der Waals surface area contributed by atoms with Gasteiger partial charge in [-0.05, 0) is 56.1 Å². The number of aromatic nitrogens is 2. The van der Waals surface area contributed by atoms with E-state index in [4.69, 9.17) is 12.2 Å². The Bertz CT molecular complexity index is 656. The summed E-state index contributed by atoms with van der Waals surface area (Å²) in [5.41, 5.74) is 2.30. The van der Waals surface area contributed by atoms with Crippen LogP contribution in [0.4, 0.5) is 10.8 Å². The summed E-state index contributed by atoms with van der Waals surface area (Å²) in [5.74, 6) is 0. The van der Waals surface area contributed by atoms with E-state index in [1.165, 1.54) is 37.9 Å². The maximum atomic E-state index is 5.45. The molecule has 1 aromatic heterocycles. The van der Waals surface area contributed by atoms with Crippen molar-refractivity contribution in [1.29, 1.82) is 0 Å². The Hall–Kier alpha value is -1.24. The Morgan fingerprint density at radius 1 is 1.33 bits per heavy atom. The number of likely N-dealkylation sites (tertiary alicyclic amines) is 1. The predicted octanol–water partition coefficient (Wildman–Crippen LogP) is 2.75. The number of quaternary nitrogens is 1. The molecule has 0 saturated carbocycles. The van der Waals surface area contributed by atoms with Gasteiger partial charge in [-0.25, -0.2) is 0 Å². The zero-order chi connectivity index (χ0) is 14.7. The van der Waals surface area contributed by atoms with Gasteiger partial charge in [0.15, 0.2) is 10.6 Å². The number of anilines is 2. The molecule has 0 aliphatic carbocycles. The highest BCUT2D eigenvalue weighted by Gasteiger charge is 2.15. The van der Waals surface area contributed by atoms with E-state index in [0.29, 0.717) is 0 Å². The predicted molar refractivity (Wildman–Crippen MR) is 89.9 cm³/mol. The minimum atomic E-state index is 0.850. The monoisotopic (exact) mass is 321 g/mol. The van der Waals surface area contributed by atoms with Gasteiger partial charge in [-0.1, -0.05) is 23.5 Å². The first kappa shape index (κ1) is 14.7. The van der Waals surface area contributed by atoms with Crippen molar-refractivity contribution in [2.24, 2.45) is 0 Å². The molecule has 2 heterocycles. The van der Waals surface area contributed by atoms with Crippen molar-refractivity contribution in [3.63, 3.8) is 0 Å². The van der Waals surface area contributed by atoms with Crippen LogP contribution in [0.2, 0.25) is 0 Å². The molecule has 112 valence electrons. The first-order chi connectivity index (χ1) is 10.2. The lowest BCUT2D eigenvalue weighted by molar-refractivity contribution is -0.928. The van der Waals surface area contributed by atoms with Crippen molar-refractivity contribution in [3.05, 3.63) is 33.8 Å². The third kappa shape index (κ3) is 3.90. The van der Waals surface area contributed by atoms with E-state index in [1.807, 2.05) is 10.7 Å². The zero-order valence-electron chi connectivity index (χ0n) is 12.3. The van der Waals surface area contributed by atoms with Crippen molar-refractivity contribution in [3.8, 4) is 0 Å². The molecule has 1 aliphatic rings. The molecule has 0 atom stereocenters. The second-order valence-electron chi connectivity index (χ2n) is 5.64. The lowest BCUT2D eigenvalue weighted by Gasteiger charge is -2.22. The number of benzene rings is 1. The summed E-state index contributed by atoms with van der Waals surface area (Å²) in [5, 5.41) is 8.86. The van der Waals surface area contributed by atoms with Crippen LogP contribution < -0.4 is 10.2 Å². The first-order valence-electron chi connectivity index (χ1n) is 7.46. The summed E-state index contributed by atoms with van der Waals surface area (Å²) in [6.45, 7) is 5.45. The fourth-order valence-corrected chi connectivity index (χ4v) is 3.75. The number of nitrogens with zero attached hydrogens (tertiary/aromatic N) is 2. The number of aryl methyl sites for hydroxylation is 1. The molecule has 0 radical (unpaired) electrons. The molecular weight excluding hydrogens is 300 g/mol. The van der Waals surface area contributed by atoms with Crippen molar-refractivity contribution >= 4 is 34.4 Å². The number of piperidine rings is 1. The normalized spacial score (nSPS) is 16.0. The van der Waals surface area contributed by atoms with E-state index < -0.39 is 0 Å². The van der Waals surface area contributed by atoms with Crippen molar-refractivity contribution in [2.45, 2.75) is 32.9 Å². The Kier molecular flexibility index (Phi) is 4.67. The average molecular weight is 321 g/mol. The van der Waals surface area contributed by atoms with Crippen LogP contribution in [0, 0.1) is 10.9 Å². The highest BCUT2D eigenvalue weighted by Crippen LogP contribution is 2.20. The SMILES string of the molecule is Cc1cccc(Nc2nn(C[NH+]3CCCCC3)c(=S)s2)c1. The number of rotatable bonds is 4. The van der Waals surface area contributed by atoms with E-state index in [9.17, 15) is 0 Å². The van der Waals surface area contributed by atoms with E-state index in [1.54, 1.807) is 16.2 Å². The van der Waals surface area contributed by atoms with Crippen molar-refractivity contribution in [2.75, 3.05) is 18.4 Å². The summed E-state index contributed by atoms with van der Waals surface area (Å²) in [6.07, 6.45) is 4.01. The molecule has 0 spiro atoms. The minimum Gasteiger partial charge on any atom is -0.330 e. The molecule has 21 heavy (non-hydrogen) atoms.